The minimum atomic E-state index is -0.173. The van der Waals surface area contributed by atoms with Crippen molar-refractivity contribution >= 4 is 0 Å². The molecule has 0 aromatic heterocycles. The molecule has 0 aliphatic carbocycles. The number of nitrogens with one attached hydrogen (secondary N) is 1. The van der Waals surface area contributed by atoms with Crippen LogP contribution in [0, 0.1) is 17.7 Å². The van der Waals surface area contributed by atoms with Crippen molar-refractivity contribution in [1.29, 1.82) is 0 Å². The number of halogens is 1. The summed E-state index contributed by atoms with van der Waals surface area (Å²) >= 11 is 0. The Bertz CT molecular complexity index is 295. The van der Waals surface area contributed by atoms with E-state index in [1.807, 2.05) is 12.1 Å². The monoisotopic (exact) mass is 223 g/mol. The van der Waals surface area contributed by atoms with Crippen molar-refractivity contribution < 1.29 is 4.39 Å². The number of hydrogen-bond donors (Lipinski definition) is 1. The smallest absolute Gasteiger partial charge is 0.123 e. The molecule has 0 spiro atoms. The van der Waals surface area contributed by atoms with Crippen molar-refractivity contribution in [2.75, 3.05) is 0 Å². The second kappa shape index (κ2) is 6.00. The molecule has 0 heterocycles. The van der Waals surface area contributed by atoms with E-state index < -0.39 is 0 Å². The highest BCUT2D eigenvalue weighted by atomic mass is 19.1. The zero-order valence-electron chi connectivity index (χ0n) is 10.6. The van der Waals surface area contributed by atoms with Crippen LogP contribution in [0.4, 0.5) is 4.39 Å². The third kappa shape index (κ3) is 3.93. The fraction of sp³-hybridized carbons (Fsp3) is 0.571. The van der Waals surface area contributed by atoms with Gasteiger partial charge in [-0.05, 0) is 29.5 Å². The van der Waals surface area contributed by atoms with Gasteiger partial charge in [0.15, 0.2) is 0 Å². The molecule has 0 radical (unpaired) electrons. The van der Waals surface area contributed by atoms with E-state index in [2.05, 4.69) is 33.0 Å². The van der Waals surface area contributed by atoms with Gasteiger partial charge in [-0.15, -0.1) is 0 Å². The largest absolute Gasteiger partial charge is 0.309 e. The van der Waals surface area contributed by atoms with Crippen LogP contribution in [-0.2, 0) is 6.54 Å². The highest BCUT2D eigenvalue weighted by Gasteiger charge is 2.16. The van der Waals surface area contributed by atoms with Crippen molar-refractivity contribution in [2.24, 2.45) is 11.8 Å². The van der Waals surface area contributed by atoms with Gasteiger partial charge in [0.2, 0.25) is 0 Å². The van der Waals surface area contributed by atoms with E-state index >= 15 is 0 Å². The summed E-state index contributed by atoms with van der Waals surface area (Å²) in [6.07, 6.45) is 0. The summed E-state index contributed by atoms with van der Waals surface area (Å²) in [4.78, 5) is 0. The normalized spacial score (nSPS) is 11.8. The lowest BCUT2D eigenvalue weighted by atomic mass is 9.93. The van der Waals surface area contributed by atoms with Crippen molar-refractivity contribution in [3.8, 4) is 0 Å². The molecule has 0 saturated carbocycles. The quantitative estimate of drug-likeness (QED) is 0.804. The summed E-state index contributed by atoms with van der Waals surface area (Å²) in [5.41, 5.74) is 1.13. The highest BCUT2D eigenvalue weighted by molar-refractivity contribution is 5.15. The zero-order valence-corrected chi connectivity index (χ0v) is 10.6. The molecular formula is C14H22FN. The Morgan fingerprint density at radius 1 is 1.00 bits per heavy atom. The Labute approximate surface area is 98.1 Å². The summed E-state index contributed by atoms with van der Waals surface area (Å²) in [6.45, 7) is 9.70. The molecular weight excluding hydrogens is 201 g/mol. The van der Waals surface area contributed by atoms with Crippen LogP contribution in [0.5, 0.6) is 0 Å². The van der Waals surface area contributed by atoms with E-state index in [0.717, 1.165) is 12.1 Å². The second-order valence-electron chi connectivity index (χ2n) is 5.02. The van der Waals surface area contributed by atoms with Gasteiger partial charge in [0.25, 0.3) is 0 Å². The van der Waals surface area contributed by atoms with Gasteiger partial charge < -0.3 is 5.32 Å². The van der Waals surface area contributed by atoms with Gasteiger partial charge in [0, 0.05) is 12.6 Å². The van der Waals surface area contributed by atoms with Crippen LogP contribution in [0.3, 0.4) is 0 Å². The Hall–Kier alpha value is -0.890. The summed E-state index contributed by atoms with van der Waals surface area (Å²) in [5.74, 6) is 1.05. The van der Waals surface area contributed by atoms with Gasteiger partial charge in [0.1, 0.15) is 5.82 Å². The van der Waals surface area contributed by atoms with E-state index in [0.29, 0.717) is 17.9 Å². The number of hydrogen-bond acceptors (Lipinski definition) is 1. The average molecular weight is 223 g/mol. The van der Waals surface area contributed by atoms with Crippen LogP contribution in [0.2, 0.25) is 0 Å². The predicted octanol–water partition coefficient (Wildman–Crippen LogP) is 3.60. The molecule has 0 unspecified atom stereocenters. The van der Waals surface area contributed by atoms with Gasteiger partial charge in [-0.1, -0.05) is 39.8 Å². The van der Waals surface area contributed by atoms with Crippen molar-refractivity contribution in [3.05, 3.63) is 35.6 Å². The van der Waals surface area contributed by atoms with E-state index in [4.69, 9.17) is 0 Å². The highest BCUT2D eigenvalue weighted by Crippen LogP contribution is 2.13. The molecule has 1 aromatic carbocycles. The lowest BCUT2D eigenvalue weighted by Gasteiger charge is -2.26. The Morgan fingerprint density at radius 2 is 1.50 bits per heavy atom. The van der Waals surface area contributed by atoms with Crippen molar-refractivity contribution in [2.45, 2.75) is 40.3 Å². The summed E-state index contributed by atoms with van der Waals surface area (Å²) in [5, 5.41) is 3.53. The molecule has 0 saturated heterocycles. The van der Waals surface area contributed by atoms with Crippen LogP contribution in [0.1, 0.15) is 33.3 Å². The average Bonchev–Trinajstić information content (AvgIpc) is 2.20. The van der Waals surface area contributed by atoms with Gasteiger partial charge in [-0.3, -0.25) is 0 Å². The first-order chi connectivity index (χ1) is 7.50. The second-order valence-corrected chi connectivity index (χ2v) is 5.02. The zero-order chi connectivity index (χ0) is 12.1. The molecule has 90 valence electrons. The minimum absolute atomic E-state index is 0.173. The van der Waals surface area contributed by atoms with Crippen LogP contribution >= 0.6 is 0 Å². The molecule has 1 aromatic rings. The molecule has 0 amide bonds. The van der Waals surface area contributed by atoms with Crippen molar-refractivity contribution in [3.63, 3.8) is 0 Å². The topological polar surface area (TPSA) is 12.0 Å². The molecule has 0 aliphatic heterocycles. The lowest BCUT2D eigenvalue weighted by Crippen LogP contribution is -2.37. The predicted molar refractivity (Wildman–Crippen MR) is 66.7 cm³/mol. The van der Waals surface area contributed by atoms with E-state index in [-0.39, 0.29) is 5.82 Å². The van der Waals surface area contributed by atoms with Gasteiger partial charge in [-0.25, -0.2) is 4.39 Å². The van der Waals surface area contributed by atoms with Gasteiger partial charge in [0.05, 0.1) is 0 Å². The van der Waals surface area contributed by atoms with Crippen LogP contribution in [0.15, 0.2) is 24.3 Å². The molecule has 2 heteroatoms. The van der Waals surface area contributed by atoms with E-state index in [1.165, 1.54) is 12.1 Å². The van der Waals surface area contributed by atoms with Crippen LogP contribution in [-0.4, -0.2) is 6.04 Å². The molecule has 0 atom stereocenters. The Kier molecular flexibility index (Phi) is 4.94. The van der Waals surface area contributed by atoms with Crippen LogP contribution in [0.25, 0.3) is 0 Å². The summed E-state index contributed by atoms with van der Waals surface area (Å²) in [7, 11) is 0. The third-order valence-corrected chi connectivity index (χ3v) is 2.89. The first-order valence-electron chi connectivity index (χ1n) is 5.98. The third-order valence-electron chi connectivity index (χ3n) is 2.89. The fourth-order valence-corrected chi connectivity index (χ4v) is 2.08. The first-order valence-corrected chi connectivity index (χ1v) is 5.98. The summed E-state index contributed by atoms with van der Waals surface area (Å²) in [6, 6.07) is 7.19. The van der Waals surface area contributed by atoms with E-state index in [9.17, 15) is 4.39 Å². The Morgan fingerprint density at radius 3 is 1.94 bits per heavy atom. The molecule has 0 aliphatic rings. The fourth-order valence-electron chi connectivity index (χ4n) is 2.08. The molecule has 0 fully saturated rings. The molecule has 1 nitrogen and oxygen atoms in total. The van der Waals surface area contributed by atoms with Gasteiger partial charge >= 0.3 is 0 Å². The maximum Gasteiger partial charge on any atom is 0.123 e. The number of rotatable bonds is 5. The first kappa shape index (κ1) is 13.2. The van der Waals surface area contributed by atoms with Gasteiger partial charge in [-0.2, -0.15) is 0 Å². The molecule has 1 N–H and O–H groups in total. The Balaban J connectivity index is 2.52. The SMILES string of the molecule is CC(C)C(NCc1ccc(F)cc1)C(C)C. The number of benzene rings is 1. The minimum Gasteiger partial charge on any atom is -0.309 e. The lowest BCUT2D eigenvalue weighted by molar-refractivity contribution is 0.313. The van der Waals surface area contributed by atoms with Crippen molar-refractivity contribution in [1.82, 2.24) is 5.32 Å². The summed E-state index contributed by atoms with van der Waals surface area (Å²) < 4.78 is 12.7. The maximum absolute atomic E-state index is 12.7. The van der Waals surface area contributed by atoms with E-state index in [1.54, 1.807) is 0 Å². The maximum atomic E-state index is 12.7. The molecule has 0 bridgehead atoms. The van der Waals surface area contributed by atoms with Crippen LogP contribution < -0.4 is 5.32 Å². The molecule has 1 rings (SSSR count). The molecule has 16 heavy (non-hydrogen) atoms. The standard InChI is InChI=1S/C14H22FN/c1-10(2)14(11(3)4)16-9-12-5-7-13(15)8-6-12/h5-8,10-11,14,16H,9H2,1-4H3.